The Morgan fingerprint density at radius 1 is 0.971 bits per heavy atom. The van der Waals surface area contributed by atoms with E-state index < -0.39 is 10.0 Å². The third-order valence-electron chi connectivity index (χ3n) is 5.76. The Labute approximate surface area is 199 Å². The van der Waals surface area contributed by atoms with Crippen LogP contribution >= 0.6 is 0 Å². The fraction of sp³-hybridized carbons (Fsp3) is 0.417. The molecule has 1 amide bonds. The molecule has 0 aromatic heterocycles. The molecule has 4 rings (SSSR count). The zero-order chi connectivity index (χ0) is 24.0. The van der Waals surface area contributed by atoms with Crippen LogP contribution in [-0.4, -0.2) is 57.4 Å². The number of ether oxygens (including phenoxy) is 3. The van der Waals surface area contributed by atoms with E-state index in [9.17, 15) is 13.2 Å². The van der Waals surface area contributed by atoms with E-state index in [-0.39, 0.29) is 24.0 Å². The van der Waals surface area contributed by atoms with Crippen molar-refractivity contribution >= 4 is 21.6 Å². The number of benzene rings is 2. The van der Waals surface area contributed by atoms with E-state index in [1.165, 1.54) is 4.31 Å². The highest BCUT2D eigenvalue weighted by atomic mass is 32.2. The number of carbonyl (C=O) groups is 1. The number of rotatable bonds is 9. The number of nitrogens with zero attached hydrogens (tertiary/aromatic N) is 2. The summed E-state index contributed by atoms with van der Waals surface area (Å²) in [6.07, 6.45) is 2.24. The normalized spacial score (nSPS) is 16.4. The number of aryl methyl sites for hydroxylation is 2. The summed E-state index contributed by atoms with van der Waals surface area (Å²) in [6, 6.07) is 12.5. The van der Waals surface area contributed by atoms with Gasteiger partial charge in [-0.05, 0) is 61.6 Å². The van der Waals surface area contributed by atoms with Crippen LogP contribution in [0.1, 0.15) is 30.9 Å². The second-order valence-corrected chi connectivity index (χ2v) is 10.2. The molecule has 9 nitrogen and oxygen atoms in total. The maximum atomic E-state index is 12.7. The molecule has 1 saturated heterocycles. The van der Waals surface area contributed by atoms with Crippen LogP contribution in [-0.2, 0) is 32.4 Å². The lowest BCUT2D eigenvalue weighted by Crippen LogP contribution is -2.40. The molecule has 1 fully saturated rings. The summed E-state index contributed by atoms with van der Waals surface area (Å²) in [5.41, 5.74) is 5.43. The van der Waals surface area contributed by atoms with Crippen LogP contribution in [0.2, 0.25) is 0 Å². The number of morpholine rings is 1. The predicted octanol–water partition coefficient (Wildman–Crippen LogP) is 2.49. The topological polar surface area (TPSA) is 107 Å². The van der Waals surface area contributed by atoms with Gasteiger partial charge in [-0.25, -0.2) is 13.8 Å². The predicted molar refractivity (Wildman–Crippen MR) is 126 cm³/mol. The Morgan fingerprint density at radius 3 is 2.41 bits per heavy atom. The molecular formula is C24H29N3O6S. The van der Waals surface area contributed by atoms with Crippen molar-refractivity contribution in [2.75, 3.05) is 33.1 Å². The van der Waals surface area contributed by atoms with E-state index in [2.05, 4.69) is 10.5 Å². The lowest BCUT2D eigenvalue weighted by atomic mass is 10.1. The molecule has 2 heterocycles. The Bertz CT molecular complexity index is 1140. The van der Waals surface area contributed by atoms with Crippen molar-refractivity contribution < 1.29 is 27.4 Å². The van der Waals surface area contributed by atoms with E-state index in [0.29, 0.717) is 39.1 Å². The minimum Gasteiger partial charge on any atom is -0.454 e. The van der Waals surface area contributed by atoms with E-state index in [4.69, 9.17) is 14.2 Å². The average molecular weight is 488 g/mol. The Morgan fingerprint density at radius 2 is 1.65 bits per heavy atom. The fourth-order valence-electron chi connectivity index (χ4n) is 3.71. The molecule has 0 radical (unpaired) electrons. The van der Waals surface area contributed by atoms with E-state index in [1.807, 2.05) is 25.1 Å². The molecule has 2 aliphatic heterocycles. The third-order valence-corrected chi connectivity index (χ3v) is 7.67. The minimum absolute atomic E-state index is 0.188. The number of nitrogens with one attached hydrogen (secondary N) is 1. The van der Waals surface area contributed by atoms with Crippen molar-refractivity contribution in [3.63, 3.8) is 0 Å². The van der Waals surface area contributed by atoms with Crippen molar-refractivity contribution in [3.05, 3.63) is 53.6 Å². The lowest BCUT2D eigenvalue weighted by molar-refractivity contribution is -0.121. The first-order chi connectivity index (χ1) is 16.4. The number of hydrogen-bond acceptors (Lipinski definition) is 7. The first-order valence-electron chi connectivity index (χ1n) is 11.3. The van der Waals surface area contributed by atoms with Gasteiger partial charge in [-0.1, -0.05) is 18.2 Å². The second-order valence-electron chi connectivity index (χ2n) is 8.23. The van der Waals surface area contributed by atoms with Gasteiger partial charge in [0.25, 0.3) is 0 Å². The largest absolute Gasteiger partial charge is 0.454 e. The first kappa shape index (κ1) is 24.2. The van der Waals surface area contributed by atoms with Crippen molar-refractivity contribution in [2.24, 2.45) is 5.10 Å². The number of sulfonamides is 1. The van der Waals surface area contributed by atoms with Crippen LogP contribution < -0.4 is 14.9 Å². The van der Waals surface area contributed by atoms with Gasteiger partial charge in [-0.3, -0.25) is 4.79 Å². The number of hydrazone groups is 1. The number of amides is 1. The highest BCUT2D eigenvalue weighted by Crippen LogP contribution is 2.32. The maximum absolute atomic E-state index is 12.7. The Kier molecular flexibility index (Phi) is 7.81. The summed E-state index contributed by atoms with van der Waals surface area (Å²) >= 11 is 0. The molecular weight excluding hydrogens is 458 g/mol. The maximum Gasteiger partial charge on any atom is 0.243 e. The van der Waals surface area contributed by atoms with Crippen LogP contribution in [0.5, 0.6) is 11.5 Å². The van der Waals surface area contributed by atoms with Gasteiger partial charge in [0, 0.05) is 25.2 Å². The van der Waals surface area contributed by atoms with Crippen LogP contribution in [0, 0.1) is 0 Å². The summed E-state index contributed by atoms with van der Waals surface area (Å²) in [4.78, 5) is 12.4. The van der Waals surface area contributed by atoms with Gasteiger partial charge in [-0.15, -0.1) is 0 Å². The van der Waals surface area contributed by atoms with Gasteiger partial charge in [0.15, 0.2) is 11.5 Å². The molecule has 1 N–H and O–H groups in total. The quantitative estimate of drug-likeness (QED) is 0.430. The van der Waals surface area contributed by atoms with E-state index in [1.54, 1.807) is 24.3 Å². The smallest absolute Gasteiger partial charge is 0.243 e. The Hall–Kier alpha value is -2.95. The summed E-state index contributed by atoms with van der Waals surface area (Å²) < 4.78 is 42.7. The van der Waals surface area contributed by atoms with Gasteiger partial charge in [0.1, 0.15) is 0 Å². The monoisotopic (exact) mass is 487 g/mol. The van der Waals surface area contributed by atoms with Crippen molar-refractivity contribution in [2.45, 2.75) is 37.5 Å². The van der Waals surface area contributed by atoms with Crippen molar-refractivity contribution in [1.29, 1.82) is 0 Å². The number of carbonyl (C=O) groups excluding carboxylic acids is 1. The number of hydrogen-bond donors (Lipinski definition) is 1. The van der Waals surface area contributed by atoms with E-state index in [0.717, 1.165) is 34.8 Å². The lowest BCUT2D eigenvalue weighted by Gasteiger charge is -2.26. The average Bonchev–Trinajstić information content (AvgIpc) is 3.34. The standard InChI is InChI=1S/C24H29N3O6S/c1-18(2-3-20-6-10-22-23(16-20)33-17-32-22)25-26-24(28)11-7-19-4-8-21(9-5-19)34(29,30)27-12-14-31-15-13-27/h4-6,8-10,16H,2-3,7,11-15,17H2,1H3,(H,26,28)/b25-18+. The molecule has 0 saturated carbocycles. The molecule has 34 heavy (non-hydrogen) atoms. The molecule has 0 bridgehead atoms. The van der Waals surface area contributed by atoms with E-state index >= 15 is 0 Å². The highest BCUT2D eigenvalue weighted by Gasteiger charge is 2.26. The van der Waals surface area contributed by atoms with Gasteiger partial charge in [0.05, 0.1) is 18.1 Å². The van der Waals surface area contributed by atoms with Crippen molar-refractivity contribution in [3.8, 4) is 11.5 Å². The summed E-state index contributed by atoms with van der Waals surface area (Å²) in [5.74, 6) is 1.33. The molecule has 2 aromatic carbocycles. The summed E-state index contributed by atoms with van der Waals surface area (Å²) in [7, 11) is -3.51. The molecule has 2 aromatic rings. The molecule has 0 atom stereocenters. The second kappa shape index (κ2) is 11.0. The zero-order valence-electron chi connectivity index (χ0n) is 19.2. The van der Waals surface area contributed by atoms with Crippen LogP contribution in [0.15, 0.2) is 52.5 Å². The zero-order valence-corrected chi connectivity index (χ0v) is 20.0. The first-order valence-corrected chi connectivity index (χ1v) is 12.7. The molecule has 2 aliphatic rings. The third kappa shape index (κ3) is 6.13. The van der Waals surface area contributed by atoms with Crippen LogP contribution in [0.25, 0.3) is 0 Å². The van der Waals surface area contributed by atoms with Crippen LogP contribution in [0.3, 0.4) is 0 Å². The molecule has 0 spiro atoms. The SMILES string of the molecule is C/C(CCc1ccc2c(c1)OCO2)=N\NC(=O)CCc1ccc(S(=O)(=O)N2CCOCC2)cc1. The van der Waals surface area contributed by atoms with Gasteiger partial charge >= 0.3 is 0 Å². The highest BCUT2D eigenvalue weighted by molar-refractivity contribution is 7.89. The van der Waals surface area contributed by atoms with Gasteiger partial charge in [-0.2, -0.15) is 9.41 Å². The van der Waals surface area contributed by atoms with Crippen molar-refractivity contribution in [1.82, 2.24) is 9.73 Å². The van der Waals surface area contributed by atoms with Gasteiger partial charge < -0.3 is 14.2 Å². The molecule has 182 valence electrons. The fourth-order valence-corrected chi connectivity index (χ4v) is 5.12. The Balaban J connectivity index is 1.21. The minimum atomic E-state index is -3.51. The number of fused-ring (bicyclic) bond motifs is 1. The summed E-state index contributed by atoms with van der Waals surface area (Å²) in [5, 5.41) is 4.19. The summed E-state index contributed by atoms with van der Waals surface area (Å²) in [6.45, 7) is 3.67. The van der Waals surface area contributed by atoms with Crippen LogP contribution in [0.4, 0.5) is 0 Å². The van der Waals surface area contributed by atoms with Gasteiger partial charge in [0.2, 0.25) is 22.7 Å². The molecule has 0 unspecified atom stereocenters. The molecule has 0 aliphatic carbocycles. The molecule has 10 heteroatoms.